The molecule has 11 heavy (non-hydrogen) atoms. The minimum Gasteiger partial charge on any atom is -0.299 e. The molecule has 0 fully saturated rings. The van der Waals surface area contributed by atoms with Gasteiger partial charge in [0.1, 0.15) is 6.04 Å². The van der Waals surface area contributed by atoms with E-state index in [1.807, 2.05) is 5.43 Å². The molecule has 0 aliphatic carbocycles. The van der Waals surface area contributed by atoms with Crippen molar-refractivity contribution in [1.82, 2.24) is 10.9 Å². The molecule has 0 aliphatic rings. The van der Waals surface area contributed by atoms with Crippen LogP contribution in [0.5, 0.6) is 0 Å². The van der Waals surface area contributed by atoms with E-state index in [0.717, 1.165) is 0 Å². The van der Waals surface area contributed by atoms with Gasteiger partial charge in [0.05, 0.1) is 0 Å². The smallest absolute Gasteiger partial charge is 0.299 e. The maximum atomic E-state index is 10.5. The summed E-state index contributed by atoms with van der Waals surface area (Å²) in [5.74, 6) is -0.811. The van der Waals surface area contributed by atoms with Gasteiger partial charge in [-0.1, -0.05) is 0 Å². The van der Waals surface area contributed by atoms with Crippen LogP contribution in [0.4, 0.5) is 0 Å². The summed E-state index contributed by atoms with van der Waals surface area (Å²) in [6, 6.07) is -0.853. The van der Waals surface area contributed by atoms with Gasteiger partial charge in [0.25, 0.3) is 0 Å². The van der Waals surface area contributed by atoms with Gasteiger partial charge in [0.15, 0.2) is 0 Å². The van der Waals surface area contributed by atoms with E-state index in [-0.39, 0.29) is 5.75 Å². The van der Waals surface area contributed by atoms with Crippen LogP contribution in [0, 0.1) is 0 Å². The molecule has 0 heterocycles. The summed E-state index contributed by atoms with van der Waals surface area (Å²) in [7, 11) is 0. The summed E-state index contributed by atoms with van der Waals surface area (Å²) in [6.07, 6.45) is 0.348. The number of thiol groups is 1. The first-order chi connectivity index (χ1) is 5.26. The Morgan fingerprint density at radius 1 is 1.82 bits per heavy atom. The maximum Gasteiger partial charge on any atom is 0.361 e. The monoisotopic (exact) mass is 180 g/mol. The van der Waals surface area contributed by atoms with Crippen molar-refractivity contribution in [3.05, 3.63) is 0 Å². The van der Waals surface area contributed by atoms with E-state index in [0.29, 0.717) is 6.41 Å². The molecule has 0 aromatic rings. The van der Waals surface area contributed by atoms with Crippen LogP contribution in [-0.4, -0.2) is 29.4 Å². The Hall–Kier alpha value is -0.790. The van der Waals surface area contributed by atoms with Gasteiger partial charge in [-0.3, -0.25) is 15.1 Å². The first-order valence-electron chi connectivity index (χ1n) is 2.67. The van der Waals surface area contributed by atoms with Crippen molar-refractivity contribution in [2.75, 3.05) is 5.75 Å². The second kappa shape index (κ2) is 5.96. The lowest BCUT2D eigenvalue weighted by Gasteiger charge is -2.10. The van der Waals surface area contributed by atoms with E-state index in [1.54, 1.807) is 0 Å². The lowest BCUT2D eigenvalue weighted by atomic mass is 10.4. The van der Waals surface area contributed by atoms with Crippen molar-refractivity contribution >= 4 is 25.0 Å². The molecule has 0 aromatic carbocycles. The third-order valence-electron chi connectivity index (χ3n) is 0.874. The highest BCUT2D eigenvalue weighted by atomic mass is 32.1. The second-order valence-corrected chi connectivity index (χ2v) is 1.92. The van der Waals surface area contributed by atoms with Crippen LogP contribution in [-0.2, 0) is 14.5 Å². The lowest BCUT2D eigenvalue weighted by molar-refractivity contribution is -0.236. The van der Waals surface area contributed by atoms with Gasteiger partial charge < -0.3 is 0 Å². The fraction of sp³-hybridized carbons (Fsp3) is 0.500. The Labute approximate surface area is 68.2 Å². The van der Waals surface area contributed by atoms with Crippen LogP contribution in [0.3, 0.4) is 0 Å². The predicted octanol–water partition coefficient (Wildman–Crippen LogP) is -1.45. The zero-order valence-electron chi connectivity index (χ0n) is 5.48. The number of hydrogen-bond donors (Lipinski definition) is 4. The van der Waals surface area contributed by atoms with Gasteiger partial charge in [0.2, 0.25) is 6.41 Å². The molecule has 0 rings (SSSR count). The summed E-state index contributed by atoms with van der Waals surface area (Å²) in [6.45, 7) is 0. The van der Waals surface area contributed by atoms with E-state index in [4.69, 9.17) is 5.26 Å². The van der Waals surface area contributed by atoms with E-state index in [9.17, 15) is 9.59 Å². The van der Waals surface area contributed by atoms with Crippen molar-refractivity contribution in [1.29, 1.82) is 0 Å². The third-order valence-corrected chi connectivity index (χ3v) is 1.24. The average molecular weight is 180 g/mol. The molecule has 7 heteroatoms. The van der Waals surface area contributed by atoms with Crippen molar-refractivity contribution in [3.8, 4) is 0 Å². The molecule has 0 aromatic heterocycles. The Kier molecular flexibility index (Phi) is 5.53. The zero-order chi connectivity index (χ0) is 8.69. The number of rotatable bonds is 5. The molecule has 0 unspecified atom stereocenters. The SMILES string of the molecule is O=CNN[C@@H](CS)C(=O)OO. The van der Waals surface area contributed by atoms with Gasteiger partial charge in [-0.15, -0.1) is 0 Å². The number of carbonyl (C=O) groups is 2. The molecule has 6 nitrogen and oxygen atoms in total. The molecule has 0 saturated carbocycles. The van der Waals surface area contributed by atoms with Crippen molar-refractivity contribution in [3.63, 3.8) is 0 Å². The topological polar surface area (TPSA) is 87.7 Å². The molecule has 0 bridgehead atoms. The summed E-state index contributed by atoms with van der Waals surface area (Å²) in [5.41, 5.74) is 4.26. The zero-order valence-corrected chi connectivity index (χ0v) is 6.38. The fourth-order valence-electron chi connectivity index (χ4n) is 0.377. The predicted molar refractivity (Wildman–Crippen MR) is 38.7 cm³/mol. The Morgan fingerprint density at radius 2 is 2.45 bits per heavy atom. The number of nitrogens with one attached hydrogen (secondary N) is 2. The Bertz CT molecular complexity index is 142. The van der Waals surface area contributed by atoms with E-state index in [2.05, 4.69) is 22.9 Å². The van der Waals surface area contributed by atoms with Gasteiger partial charge >= 0.3 is 5.97 Å². The van der Waals surface area contributed by atoms with Crippen molar-refractivity contribution < 1.29 is 19.7 Å². The molecular weight excluding hydrogens is 172 g/mol. The summed E-state index contributed by atoms with van der Waals surface area (Å²) >= 11 is 3.75. The van der Waals surface area contributed by atoms with Gasteiger partial charge in [-0.2, -0.15) is 17.9 Å². The van der Waals surface area contributed by atoms with Gasteiger partial charge in [0, 0.05) is 5.75 Å². The quantitative estimate of drug-likeness (QED) is 0.180. The van der Waals surface area contributed by atoms with Gasteiger partial charge in [-0.25, -0.2) is 10.2 Å². The molecule has 0 radical (unpaired) electrons. The molecule has 64 valence electrons. The standard InChI is InChI=1S/C4H8N2O4S/c7-2-5-6-3(1-11)4(8)10-9/h2-3,6,9,11H,1H2,(H,5,7)/t3-/m0/s1. The molecule has 1 amide bonds. The lowest BCUT2D eigenvalue weighted by Crippen LogP contribution is -2.46. The maximum absolute atomic E-state index is 10.5. The van der Waals surface area contributed by atoms with Crippen LogP contribution >= 0.6 is 12.6 Å². The second-order valence-electron chi connectivity index (χ2n) is 1.55. The summed E-state index contributed by atoms with van der Waals surface area (Å²) in [5, 5.41) is 7.90. The highest BCUT2D eigenvalue weighted by Gasteiger charge is 2.17. The first-order valence-corrected chi connectivity index (χ1v) is 3.30. The number of amides is 1. The minimum atomic E-state index is -0.908. The summed E-state index contributed by atoms with van der Waals surface area (Å²) in [4.78, 5) is 23.6. The average Bonchev–Trinajstić information content (AvgIpc) is 2.05. The van der Waals surface area contributed by atoms with E-state index < -0.39 is 12.0 Å². The van der Waals surface area contributed by atoms with Crippen LogP contribution in [0.1, 0.15) is 0 Å². The molecule has 0 saturated heterocycles. The number of carbonyl (C=O) groups excluding carboxylic acids is 2. The van der Waals surface area contributed by atoms with Gasteiger partial charge in [-0.05, 0) is 0 Å². The minimum absolute atomic E-state index is 0.0975. The molecule has 0 spiro atoms. The largest absolute Gasteiger partial charge is 0.361 e. The van der Waals surface area contributed by atoms with Crippen molar-refractivity contribution in [2.24, 2.45) is 0 Å². The first kappa shape index (κ1) is 10.2. The van der Waals surface area contributed by atoms with Crippen LogP contribution < -0.4 is 10.9 Å². The van der Waals surface area contributed by atoms with E-state index in [1.165, 1.54) is 0 Å². The van der Waals surface area contributed by atoms with Crippen LogP contribution in [0.15, 0.2) is 0 Å². The Balaban J connectivity index is 3.74. The normalized spacial score (nSPS) is 11.8. The van der Waals surface area contributed by atoms with Crippen molar-refractivity contribution in [2.45, 2.75) is 6.04 Å². The highest BCUT2D eigenvalue weighted by molar-refractivity contribution is 7.80. The molecule has 0 aliphatic heterocycles. The molecular formula is C4H8N2O4S. The van der Waals surface area contributed by atoms with Crippen LogP contribution in [0.25, 0.3) is 0 Å². The molecule has 1 atom stereocenters. The third kappa shape index (κ3) is 3.81. The number of hydrogen-bond acceptors (Lipinski definition) is 6. The summed E-state index contributed by atoms with van der Waals surface area (Å²) < 4.78 is 0. The van der Waals surface area contributed by atoms with Crippen LogP contribution in [0.2, 0.25) is 0 Å². The molecule has 3 N–H and O–H groups in total. The number of hydrazine groups is 1. The van der Waals surface area contributed by atoms with E-state index >= 15 is 0 Å². The highest BCUT2D eigenvalue weighted by Crippen LogP contribution is 1.88. The Morgan fingerprint density at radius 3 is 2.82 bits per heavy atom. The fourth-order valence-corrected chi connectivity index (χ4v) is 0.618.